The number of carbonyl (C=O) groups excluding carboxylic acids is 1. The van der Waals surface area contributed by atoms with Gasteiger partial charge in [0.1, 0.15) is 6.04 Å². The fourth-order valence-electron chi connectivity index (χ4n) is 3.58. The van der Waals surface area contributed by atoms with Crippen molar-refractivity contribution in [1.82, 2.24) is 4.31 Å². The molecule has 172 valence electrons. The van der Waals surface area contributed by atoms with Crippen molar-refractivity contribution < 1.29 is 27.6 Å². The molecule has 0 unspecified atom stereocenters. The maximum atomic E-state index is 13.2. The molecule has 0 saturated carbocycles. The molecule has 10 nitrogen and oxygen atoms in total. The second-order valence-electron chi connectivity index (χ2n) is 7.17. The monoisotopic (exact) mass is 463 g/mol. The molecule has 0 radical (unpaired) electrons. The number of piperidine rings is 1. The number of ether oxygens (including phenoxy) is 2. The van der Waals surface area contributed by atoms with Gasteiger partial charge < -0.3 is 14.8 Å². The Bertz CT molecular complexity index is 1090. The van der Waals surface area contributed by atoms with Crippen LogP contribution in [0.4, 0.5) is 11.4 Å². The van der Waals surface area contributed by atoms with Crippen molar-refractivity contribution in [2.75, 3.05) is 25.6 Å². The third kappa shape index (κ3) is 5.00. The summed E-state index contributed by atoms with van der Waals surface area (Å²) in [7, 11) is -2.52. The van der Waals surface area contributed by atoms with Gasteiger partial charge in [-0.25, -0.2) is 8.42 Å². The molecule has 3 rings (SSSR count). The first kappa shape index (κ1) is 23.5. The van der Waals surface area contributed by atoms with Gasteiger partial charge in [0.05, 0.1) is 23.5 Å². The van der Waals surface area contributed by atoms with Crippen molar-refractivity contribution in [3.63, 3.8) is 0 Å². The highest BCUT2D eigenvalue weighted by molar-refractivity contribution is 7.89. The average Bonchev–Trinajstić information content (AvgIpc) is 2.80. The number of rotatable bonds is 8. The minimum absolute atomic E-state index is 0.0921. The zero-order valence-electron chi connectivity index (χ0n) is 17.8. The summed E-state index contributed by atoms with van der Waals surface area (Å²) < 4.78 is 38.3. The fraction of sp³-hybridized carbons (Fsp3) is 0.381. The molecule has 0 bridgehead atoms. The van der Waals surface area contributed by atoms with Crippen molar-refractivity contribution in [2.45, 2.75) is 37.1 Å². The lowest BCUT2D eigenvalue weighted by molar-refractivity contribution is -0.384. The molecule has 0 spiro atoms. The van der Waals surface area contributed by atoms with Crippen LogP contribution in [-0.4, -0.2) is 49.9 Å². The number of sulfonamides is 1. The number of benzene rings is 2. The average molecular weight is 464 g/mol. The van der Waals surface area contributed by atoms with E-state index in [9.17, 15) is 23.3 Å². The van der Waals surface area contributed by atoms with E-state index in [1.54, 1.807) is 18.2 Å². The van der Waals surface area contributed by atoms with Crippen LogP contribution in [0.25, 0.3) is 0 Å². The van der Waals surface area contributed by atoms with Crippen molar-refractivity contribution in [2.24, 2.45) is 0 Å². The van der Waals surface area contributed by atoms with E-state index in [-0.39, 0.29) is 17.1 Å². The molecule has 1 amide bonds. The molecule has 2 aromatic rings. The number of nitro groups is 1. The van der Waals surface area contributed by atoms with Gasteiger partial charge in [-0.3, -0.25) is 14.9 Å². The first-order valence-electron chi connectivity index (χ1n) is 10.2. The molecule has 2 aromatic carbocycles. The molecule has 0 aromatic heterocycles. The lowest BCUT2D eigenvalue weighted by Gasteiger charge is -2.33. The first-order chi connectivity index (χ1) is 15.3. The van der Waals surface area contributed by atoms with Crippen LogP contribution in [0.15, 0.2) is 47.4 Å². The number of methoxy groups -OCH3 is 1. The van der Waals surface area contributed by atoms with Crippen molar-refractivity contribution in [1.29, 1.82) is 0 Å². The van der Waals surface area contributed by atoms with Crippen molar-refractivity contribution in [3.8, 4) is 11.5 Å². The summed E-state index contributed by atoms with van der Waals surface area (Å²) in [5.41, 5.74) is 0.245. The highest BCUT2D eigenvalue weighted by Gasteiger charge is 2.37. The summed E-state index contributed by atoms with van der Waals surface area (Å²) in [6, 6.07) is 8.69. The van der Waals surface area contributed by atoms with E-state index in [1.807, 2.05) is 6.92 Å². The normalized spacial score (nSPS) is 16.9. The quantitative estimate of drug-likeness (QED) is 0.470. The first-order valence-corrected chi connectivity index (χ1v) is 11.6. The lowest BCUT2D eigenvalue weighted by Crippen LogP contribution is -2.49. The van der Waals surface area contributed by atoms with Gasteiger partial charge in [-0.2, -0.15) is 4.31 Å². The Morgan fingerprint density at radius 3 is 2.53 bits per heavy atom. The Hall–Kier alpha value is -3.18. The van der Waals surface area contributed by atoms with Gasteiger partial charge in [0.2, 0.25) is 15.9 Å². The SMILES string of the molecule is CCOc1ccc(NC(=O)[C@@H]2CCCCN2S(=O)(=O)c2ccc([N+](=O)[O-])cc2)cc1OC. The minimum Gasteiger partial charge on any atom is -0.493 e. The summed E-state index contributed by atoms with van der Waals surface area (Å²) in [5.74, 6) is 0.526. The zero-order valence-corrected chi connectivity index (χ0v) is 18.6. The molecule has 1 saturated heterocycles. The number of anilines is 1. The van der Waals surface area contributed by atoms with Crippen LogP contribution in [0.2, 0.25) is 0 Å². The number of nitro benzene ring substituents is 1. The highest BCUT2D eigenvalue weighted by Crippen LogP contribution is 2.31. The highest BCUT2D eigenvalue weighted by atomic mass is 32.2. The second-order valence-corrected chi connectivity index (χ2v) is 9.06. The van der Waals surface area contributed by atoms with Gasteiger partial charge in [-0.15, -0.1) is 0 Å². The summed E-state index contributed by atoms with van der Waals surface area (Å²) >= 11 is 0. The van der Waals surface area contributed by atoms with E-state index in [0.29, 0.717) is 43.1 Å². The van der Waals surface area contributed by atoms with Crippen LogP contribution in [0.5, 0.6) is 11.5 Å². The van der Waals surface area contributed by atoms with Gasteiger partial charge in [0.15, 0.2) is 11.5 Å². The standard InChI is InChI=1S/C21H25N3O7S/c1-3-31-19-12-7-15(14-20(19)30-2)22-21(25)18-6-4-5-13-23(18)32(28,29)17-10-8-16(9-11-17)24(26)27/h7-12,14,18H,3-6,13H2,1-2H3,(H,22,25)/t18-/m0/s1. The van der Waals surface area contributed by atoms with Crippen molar-refractivity contribution >= 4 is 27.3 Å². The van der Waals surface area contributed by atoms with Crippen LogP contribution >= 0.6 is 0 Å². The minimum atomic E-state index is -4.01. The molecule has 1 aliphatic rings. The van der Waals surface area contributed by atoms with Gasteiger partial charge >= 0.3 is 0 Å². The number of non-ortho nitro benzene ring substituents is 1. The topological polar surface area (TPSA) is 128 Å². The maximum absolute atomic E-state index is 13.2. The predicted molar refractivity (Wildman–Crippen MR) is 117 cm³/mol. The van der Waals surface area contributed by atoms with E-state index in [0.717, 1.165) is 12.1 Å². The third-order valence-corrected chi connectivity index (χ3v) is 7.06. The molecule has 1 heterocycles. The summed E-state index contributed by atoms with van der Waals surface area (Å²) in [6.45, 7) is 2.49. The van der Waals surface area contributed by atoms with E-state index in [1.165, 1.54) is 23.5 Å². The number of nitrogens with one attached hydrogen (secondary N) is 1. The molecule has 11 heteroatoms. The van der Waals surface area contributed by atoms with E-state index in [4.69, 9.17) is 9.47 Å². The number of amides is 1. The van der Waals surface area contributed by atoms with E-state index < -0.39 is 26.9 Å². The smallest absolute Gasteiger partial charge is 0.269 e. The van der Waals surface area contributed by atoms with Crippen LogP contribution < -0.4 is 14.8 Å². The zero-order chi connectivity index (χ0) is 23.3. The summed E-state index contributed by atoms with van der Waals surface area (Å²) in [5, 5.41) is 13.6. The Labute approximate surface area is 186 Å². The van der Waals surface area contributed by atoms with Gasteiger partial charge in [0, 0.05) is 30.4 Å². The Kier molecular flexibility index (Phi) is 7.31. The fourth-order valence-corrected chi connectivity index (χ4v) is 5.23. The lowest BCUT2D eigenvalue weighted by atomic mass is 10.0. The Morgan fingerprint density at radius 2 is 1.91 bits per heavy atom. The molecular weight excluding hydrogens is 438 g/mol. The largest absolute Gasteiger partial charge is 0.493 e. The second kappa shape index (κ2) is 9.96. The summed E-state index contributed by atoms with van der Waals surface area (Å²) in [4.78, 5) is 23.2. The van der Waals surface area contributed by atoms with E-state index >= 15 is 0 Å². The van der Waals surface area contributed by atoms with Crippen LogP contribution in [-0.2, 0) is 14.8 Å². The number of hydrogen-bond donors (Lipinski definition) is 1. The predicted octanol–water partition coefficient (Wildman–Crippen LogP) is 3.18. The number of nitrogens with zero attached hydrogens (tertiary/aromatic N) is 2. The molecule has 1 N–H and O–H groups in total. The Balaban J connectivity index is 1.82. The van der Waals surface area contributed by atoms with Gasteiger partial charge in [-0.1, -0.05) is 6.42 Å². The summed E-state index contributed by atoms with van der Waals surface area (Å²) in [6.07, 6.45) is 1.69. The molecule has 1 aliphatic heterocycles. The third-order valence-electron chi connectivity index (χ3n) is 5.14. The van der Waals surface area contributed by atoms with Gasteiger partial charge in [-0.05, 0) is 44.0 Å². The number of carbonyl (C=O) groups is 1. The molecule has 0 aliphatic carbocycles. The van der Waals surface area contributed by atoms with Crippen LogP contribution in [0.1, 0.15) is 26.2 Å². The molecule has 1 atom stereocenters. The molecule has 1 fully saturated rings. The van der Waals surface area contributed by atoms with Crippen LogP contribution in [0.3, 0.4) is 0 Å². The molecular formula is C21H25N3O7S. The number of hydrogen-bond acceptors (Lipinski definition) is 7. The Morgan fingerprint density at radius 1 is 1.19 bits per heavy atom. The van der Waals surface area contributed by atoms with Gasteiger partial charge in [0.25, 0.3) is 5.69 Å². The van der Waals surface area contributed by atoms with E-state index in [2.05, 4.69) is 5.32 Å². The van der Waals surface area contributed by atoms with Crippen LogP contribution in [0, 0.1) is 10.1 Å². The maximum Gasteiger partial charge on any atom is 0.269 e. The molecule has 32 heavy (non-hydrogen) atoms. The van der Waals surface area contributed by atoms with Crippen molar-refractivity contribution in [3.05, 3.63) is 52.6 Å².